The lowest BCUT2D eigenvalue weighted by atomic mass is 10.0. The van der Waals surface area contributed by atoms with Crippen molar-refractivity contribution in [1.29, 1.82) is 0 Å². The van der Waals surface area contributed by atoms with Gasteiger partial charge in [-0.1, -0.05) is 30.3 Å². The summed E-state index contributed by atoms with van der Waals surface area (Å²) in [6, 6.07) is 12.4. The highest BCUT2D eigenvalue weighted by Gasteiger charge is 2.33. The predicted molar refractivity (Wildman–Crippen MR) is 101 cm³/mol. The van der Waals surface area contributed by atoms with E-state index in [0.717, 1.165) is 16.7 Å². The van der Waals surface area contributed by atoms with E-state index in [0.29, 0.717) is 12.2 Å². The molecule has 0 fully saturated rings. The first kappa shape index (κ1) is 19.4. The van der Waals surface area contributed by atoms with Gasteiger partial charge in [0.1, 0.15) is 16.7 Å². The van der Waals surface area contributed by atoms with Gasteiger partial charge in [-0.05, 0) is 49.1 Å². The maximum Gasteiger partial charge on any atom is 0.303 e. The van der Waals surface area contributed by atoms with Crippen molar-refractivity contribution in [3.63, 3.8) is 0 Å². The second-order valence-corrected chi connectivity index (χ2v) is 8.73. The van der Waals surface area contributed by atoms with E-state index in [9.17, 15) is 13.2 Å². The van der Waals surface area contributed by atoms with Crippen LogP contribution in [0.1, 0.15) is 30.0 Å². The van der Waals surface area contributed by atoms with Crippen LogP contribution in [-0.4, -0.2) is 36.4 Å². The Kier molecular flexibility index (Phi) is 5.53. The van der Waals surface area contributed by atoms with E-state index in [-0.39, 0.29) is 30.5 Å². The fraction of sp³-hybridized carbons (Fsp3) is 0.350. The quantitative estimate of drug-likeness (QED) is 0.850. The Morgan fingerprint density at radius 2 is 2.00 bits per heavy atom. The van der Waals surface area contributed by atoms with Gasteiger partial charge in [-0.2, -0.15) is 4.31 Å². The van der Waals surface area contributed by atoms with Crippen LogP contribution in [0.5, 0.6) is 5.75 Å². The minimum atomic E-state index is -3.69. The maximum absolute atomic E-state index is 13.2. The van der Waals surface area contributed by atoms with Gasteiger partial charge < -0.3 is 9.84 Å². The molecule has 6 nitrogen and oxygen atoms in total. The Hall–Kier alpha value is -2.38. The Morgan fingerprint density at radius 3 is 2.74 bits per heavy atom. The molecule has 0 radical (unpaired) electrons. The Balaban J connectivity index is 1.92. The summed E-state index contributed by atoms with van der Waals surface area (Å²) in [5.41, 5.74) is 2.72. The van der Waals surface area contributed by atoms with Gasteiger partial charge in [0.2, 0.25) is 10.0 Å². The normalized spacial score (nSPS) is 19.0. The number of aryl methyl sites for hydroxylation is 2. The Morgan fingerprint density at radius 1 is 1.26 bits per heavy atom. The number of nitrogens with zero attached hydrogens (tertiary/aromatic N) is 1. The van der Waals surface area contributed by atoms with Crippen LogP contribution in [0.15, 0.2) is 47.4 Å². The molecular weight excluding hydrogens is 366 g/mol. The van der Waals surface area contributed by atoms with Crippen LogP contribution in [0.4, 0.5) is 0 Å². The molecule has 0 aliphatic carbocycles. The van der Waals surface area contributed by atoms with E-state index in [1.165, 1.54) is 4.31 Å². The number of carboxylic acids is 1. The zero-order valence-electron chi connectivity index (χ0n) is 15.4. The van der Waals surface area contributed by atoms with Gasteiger partial charge in [-0.3, -0.25) is 4.79 Å². The van der Waals surface area contributed by atoms with Crippen molar-refractivity contribution < 1.29 is 23.1 Å². The minimum Gasteiger partial charge on any atom is -0.488 e. The fourth-order valence-corrected chi connectivity index (χ4v) is 4.79. The van der Waals surface area contributed by atoms with Crippen LogP contribution in [0.3, 0.4) is 0 Å². The maximum atomic E-state index is 13.2. The minimum absolute atomic E-state index is 0.0444. The third kappa shape index (κ3) is 4.31. The molecule has 1 heterocycles. The lowest BCUT2D eigenvalue weighted by Gasteiger charge is -2.22. The van der Waals surface area contributed by atoms with Crippen LogP contribution >= 0.6 is 0 Å². The summed E-state index contributed by atoms with van der Waals surface area (Å²) in [5.74, 6) is -0.478. The van der Waals surface area contributed by atoms with Crippen LogP contribution in [0, 0.1) is 6.92 Å². The van der Waals surface area contributed by atoms with E-state index < -0.39 is 16.0 Å². The van der Waals surface area contributed by atoms with Crippen LogP contribution in [-0.2, 0) is 27.8 Å². The standard InChI is InChI=1S/C20H23NO5S/c1-14-7-8-16(9-10-20(22)23)11-17(14)13-21-12-15(2)26-18-5-3-4-6-19(18)27(21,24)25/h3-8,11,15H,9-10,12-13H2,1-2H3,(H,22,23)/t15-/m1/s1. The van der Waals surface area contributed by atoms with Gasteiger partial charge in [0.15, 0.2) is 0 Å². The zero-order chi connectivity index (χ0) is 19.6. The second kappa shape index (κ2) is 7.70. The van der Waals surface area contributed by atoms with Crippen LogP contribution < -0.4 is 4.74 Å². The van der Waals surface area contributed by atoms with Gasteiger partial charge in [0.05, 0.1) is 6.54 Å². The van der Waals surface area contributed by atoms with Crippen molar-refractivity contribution in [3.8, 4) is 5.75 Å². The number of para-hydroxylation sites is 1. The van der Waals surface area contributed by atoms with Gasteiger partial charge in [0.25, 0.3) is 0 Å². The third-order valence-electron chi connectivity index (χ3n) is 4.64. The van der Waals surface area contributed by atoms with Gasteiger partial charge >= 0.3 is 5.97 Å². The zero-order valence-corrected chi connectivity index (χ0v) is 16.2. The fourth-order valence-electron chi connectivity index (χ4n) is 3.18. The largest absolute Gasteiger partial charge is 0.488 e. The Labute approximate surface area is 159 Å². The molecule has 1 aliphatic heterocycles. The van der Waals surface area contributed by atoms with Crippen molar-refractivity contribution in [3.05, 3.63) is 59.2 Å². The number of hydrogen-bond donors (Lipinski definition) is 1. The smallest absolute Gasteiger partial charge is 0.303 e. The molecule has 1 N–H and O–H groups in total. The molecule has 0 aromatic heterocycles. The SMILES string of the molecule is Cc1ccc(CCC(=O)O)cc1CN1C[C@@H](C)Oc2ccccc2S1(=O)=O. The highest BCUT2D eigenvalue weighted by atomic mass is 32.2. The molecule has 0 saturated heterocycles. The molecular formula is C20H23NO5S. The summed E-state index contributed by atoms with van der Waals surface area (Å²) in [4.78, 5) is 11.0. The molecule has 3 rings (SSSR count). The monoisotopic (exact) mass is 389 g/mol. The lowest BCUT2D eigenvalue weighted by molar-refractivity contribution is -0.136. The van der Waals surface area contributed by atoms with Crippen molar-refractivity contribution in [2.45, 2.75) is 44.2 Å². The highest BCUT2D eigenvalue weighted by Crippen LogP contribution is 2.32. The number of aliphatic carboxylic acids is 1. The van der Waals surface area contributed by atoms with E-state index in [4.69, 9.17) is 9.84 Å². The van der Waals surface area contributed by atoms with Crippen LogP contribution in [0.25, 0.3) is 0 Å². The molecule has 0 bridgehead atoms. The molecule has 1 atom stereocenters. The summed E-state index contributed by atoms with van der Waals surface area (Å²) in [7, 11) is -3.69. The predicted octanol–water partition coefficient (Wildman–Crippen LogP) is 2.98. The molecule has 0 unspecified atom stereocenters. The van der Waals surface area contributed by atoms with E-state index in [1.807, 2.05) is 32.0 Å². The lowest BCUT2D eigenvalue weighted by Crippen LogP contribution is -2.35. The molecule has 0 spiro atoms. The summed E-state index contributed by atoms with van der Waals surface area (Å²) in [6.45, 7) is 4.24. The first-order chi connectivity index (χ1) is 12.8. The van der Waals surface area contributed by atoms with Crippen molar-refractivity contribution in [2.24, 2.45) is 0 Å². The molecule has 0 saturated carbocycles. The van der Waals surface area contributed by atoms with Crippen LogP contribution in [0.2, 0.25) is 0 Å². The van der Waals surface area contributed by atoms with Gasteiger partial charge in [-0.15, -0.1) is 0 Å². The van der Waals surface area contributed by atoms with E-state index in [2.05, 4.69) is 0 Å². The van der Waals surface area contributed by atoms with Crippen molar-refractivity contribution >= 4 is 16.0 Å². The molecule has 0 amide bonds. The number of carbonyl (C=O) groups is 1. The number of rotatable bonds is 5. The van der Waals surface area contributed by atoms with E-state index >= 15 is 0 Å². The molecule has 144 valence electrons. The summed E-state index contributed by atoms with van der Waals surface area (Å²) >= 11 is 0. The molecule has 1 aliphatic rings. The second-order valence-electron chi connectivity index (χ2n) is 6.83. The van der Waals surface area contributed by atoms with E-state index in [1.54, 1.807) is 24.3 Å². The average Bonchev–Trinajstić information content (AvgIpc) is 2.70. The number of sulfonamides is 1. The summed E-state index contributed by atoms with van der Waals surface area (Å²) in [5, 5.41) is 8.88. The summed E-state index contributed by atoms with van der Waals surface area (Å²) in [6.07, 6.45) is 0.180. The van der Waals surface area contributed by atoms with Gasteiger partial charge in [0, 0.05) is 13.0 Å². The molecule has 27 heavy (non-hydrogen) atoms. The van der Waals surface area contributed by atoms with Gasteiger partial charge in [-0.25, -0.2) is 8.42 Å². The summed E-state index contributed by atoms with van der Waals surface area (Å²) < 4.78 is 33.5. The average molecular weight is 389 g/mol. The van der Waals surface area contributed by atoms with Crippen molar-refractivity contribution in [1.82, 2.24) is 4.31 Å². The number of hydrogen-bond acceptors (Lipinski definition) is 4. The van der Waals surface area contributed by atoms with Crippen molar-refractivity contribution in [2.75, 3.05) is 6.54 Å². The molecule has 7 heteroatoms. The Bertz CT molecular complexity index is 955. The number of carboxylic acid groups (broad SMARTS) is 1. The first-order valence-corrected chi connectivity index (χ1v) is 10.3. The molecule has 2 aromatic rings. The highest BCUT2D eigenvalue weighted by molar-refractivity contribution is 7.89. The topological polar surface area (TPSA) is 83.9 Å². The third-order valence-corrected chi connectivity index (χ3v) is 6.49. The molecule has 2 aromatic carbocycles. The number of fused-ring (bicyclic) bond motifs is 1. The number of benzene rings is 2. The first-order valence-electron chi connectivity index (χ1n) is 8.83. The number of ether oxygens (including phenoxy) is 1.